The van der Waals surface area contributed by atoms with Gasteiger partial charge in [-0.05, 0) is 51.3 Å². The summed E-state index contributed by atoms with van der Waals surface area (Å²) >= 11 is 0. The predicted octanol–water partition coefficient (Wildman–Crippen LogP) is 3.20. The molecule has 1 aromatic rings. The Hall–Kier alpha value is -1.61. The van der Waals surface area contributed by atoms with E-state index in [2.05, 4.69) is 29.2 Å². The van der Waals surface area contributed by atoms with Gasteiger partial charge in [0.1, 0.15) is 0 Å². The molecule has 1 aliphatic heterocycles. The lowest BCUT2D eigenvalue weighted by atomic mass is 10.0. The number of carbonyl (C=O) groups excluding carboxylic acids is 1. The molecule has 0 amide bonds. The Balaban J connectivity index is 1.93. The van der Waals surface area contributed by atoms with Crippen LogP contribution < -0.4 is 0 Å². The number of carbonyl (C=O) groups is 1. The smallest absolute Gasteiger partial charge is 0.330 e. The Morgan fingerprint density at radius 1 is 1.29 bits per heavy atom. The highest BCUT2D eigenvalue weighted by atomic mass is 16.5. The van der Waals surface area contributed by atoms with Gasteiger partial charge in [-0.1, -0.05) is 36.4 Å². The molecule has 1 fully saturated rings. The lowest BCUT2D eigenvalue weighted by Crippen LogP contribution is -2.31. The number of likely N-dealkylation sites (tertiary alicyclic amines) is 1. The monoisotopic (exact) mass is 287 g/mol. The van der Waals surface area contributed by atoms with E-state index in [9.17, 15) is 4.79 Å². The van der Waals surface area contributed by atoms with Gasteiger partial charge in [0.2, 0.25) is 0 Å². The fourth-order valence-corrected chi connectivity index (χ4v) is 2.81. The quantitative estimate of drug-likeness (QED) is 0.570. The van der Waals surface area contributed by atoms with Gasteiger partial charge < -0.3 is 4.74 Å². The fourth-order valence-electron chi connectivity index (χ4n) is 2.81. The van der Waals surface area contributed by atoms with Crippen LogP contribution in [0.4, 0.5) is 0 Å². The van der Waals surface area contributed by atoms with Gasteiger partial charge in [0, 0.05) is 12.1 Å². The molecule has 3 heteroatoms. The molecular formula is C18H25NO2. The van der Waals surface area contributed by atoms with Crippen molar-refractivity contribution in [3.8, 4) is 0 Å². The van der Waals surface area contributed by atoms with Crippen LogP contribution in [-0.4, -0.2) is 36.6 Å². The number of aryl methyl sites for hydroxylation is 1. The Morgan fingerprint density at radius 2 is 2.00 bits per heavy atom. The van der Waals surface area contributed by atoms with Gasteiger partial charge in [-0.3, -0.25) is 4.90 Å². The number of esters is 1. The molecule has 1 atom stereocenters. The highest BCUT2D eigenvalue weighted by Crippen LogP contribution is 2.17. The van der Waals surface area contributed by atoms with Gasteiger partial charge in [0.15, 0.2) is 0 Å². The molecule has 3 nitrogen and oxygen atoms in total. The van der Waals surface area contributed by atoms with Crippen molar-refractivity contribution >= 4 is 5.97 Å². The van der Waals surface area contributed by atoms with Crippen molar-refractivity contribution in [3.05, 3.63) is 48.0 Å². The molecule has 0 spiro atoms. The summed E-state index contributed by atoms with van der Waals surface area (Å²) in [7, 11) is 0. The maximum atomic E-state index is 11.5. The summed E-state index contributed by atoms with van der Waals surface area (Å²) in [6.07, 6.45) is 8.21. The van der Waals surface area contributed by atoms with Crippen molar-refractivity contribution in [1.29, 1.82) is 0 Å². The molecule has 0 aliphatic carbocycles. The van der Waals surface area contributed by atoms with Crippen molar-refractivity contribution in [1.82, 2.24) is 4.90 Å². The van der Waals surface area contributed by atoms with Crippen molar-refractivity contribution in [3.63, 3.8) is 0 Å². The maximum Gasteiger partial charge on any atom is 0.330 e. The summed E-state index contributed by atoms with van der Waals surface area (Å²) in [5.74, 6) is -0.235. The van der Waals surface area contributed by atoms with Gasteiger partial charge >= 0.3 is 5.97 Å². The first-order valence-electron chi connectivity index (χ1n) is 7.92. The number of nitrogens with zero attached hydrogens (tertiary/aromatic N) is 1. The van der Waals surface area contributed by atoms with E-state index in [1.165, 1.54) is 18.4 Å². The fraction of sp³-hybridized carbons (Fsp3) is 0.500. The molecule has 1 unspecified atom stereocenters. The molecule has 21 heavy (non-hydrogen) atoms. The van der Waals surface area contributed by atoms with E-state index in [0.29, 0.717) is 12.6 Å². The third-order valence-corrected chi connectivity index (χ3v) is 3.92. The van der Waals surface area contributed by atoms with Crippen molar-refractivity contribution in [2.45, 2.75) is 38.6 Å². The van der Waals surface area contributed by atoms with Crippen LogP contribution in [0.25, 0.3) is 0 Å². The first kappa shape index (κ1) is 15.8. The summed E-state index contributed by atoms with van der Waals surface area (Å²) in [4.78, 5) is 14.0. The van der Waals surface area contributed by atoms with Crippen LogP contribution in [0.5, 0.6) is 0 Å². The van der Waals surface area contributed by atoms with Gasteiger partial charge in [-0.2, -0.15) is 0 Å². The Kier molecular flexibility index (Phi) is 6.48. The standard InChI is InChI=1S/C18H25NO2/c1-2-21-18(20)13-12-17(19-14-6-7-15-19)11-10-16-8-4-3-5-9-16/h3-5,8-9,12-13,17H,2,6-7,10-11,14-15H2,1H3/b13-12+. The predicted molar refractivity (Wildman–Crippen MR) is 85.1 cm³/mol. The average Bonchev–Trinajstić information content (AvgIpc) is 3.03. The minimum Gasteiger partial charge on any atom is -0.463 e. The topological polar surface area (TPSA) is 29.5 Å². The van der Waals surface area contributed by atoms with Crippen LogP contribution in [-0.2, 0) is 16.0 Å². The van der Waals surface area contributed by atoms with Crippen LogP contribution in [0, 0.1) is 0 Å². The van der Waals surface area contributed by atoms with Crippen molar-refractivity contribution < 1.29 is 9.53 Å². The zero-order valence-electron chi connectivity index (χ0n) is 12.8. The summed E-state index contributed by atoms with van der Waals surface area (Å²) in [5, 5.41) is 0. The van der Waals surface area contributed by atoms with Crippen LogP contribution in [0.2, 0.25) is 0 Å². The molecule has 0 N–H and O–H groups in total. The summed E-state index contributed by atoms with van der Waals surface area (Å²) < 4.78 is 4.97. The molecule has 1 aliphatic rings. The third-order valence-electron chi connectivity index (χ3n) is 3.92. The number of rotatable bonds is 7. The second kappa shape index (κ2) is 8.63. The summed E-state index contributed by atoms with van der Waals surface area (Å²) in [5.41, 5.74) is 1.35. The van der Waals surface area contributed by atoms with Crippen LogP contribution in [0.15, 0.2) is 42.5 Å². The molecule has 114 valence electrons. The number of ether oxygens (including phenoxy) is 1. The van der Waals surface area contributed by atoms with Crippen LogP contribution >= 0.6 is 0 Å². The average molecular weight is 287 g/mol. The van der Waals surface area contributed by atoms with Crippen LogP contribution in [0.3, 0.4) is 0 Å². The Morgan fingerprint density at radius 3 is 2.67 bits per heavy atom. The third kappa shape index (κ3) is 5.35. The van der Waals surface area contributed by atoms with E-state index >= 15 is 0 Å². The zero-order valence-corrected chi connectivity index (χ0v) is 12.8. The SMILES string of the molecule is CCOC(=O)/C=C/C(CCc1ccccc1)N1CCCC1. The summed E-state index contributed by atoms with van der Waals surface area (Å²) in [6.45, 7) is 4.53. The lowest BCUT2D eigenvalue weighted by Gasteiger charge is -2.24. The minimum absolute atomic E-state index is 0.235. The van der Waals surface area contributed by atoms with Crippen molar-refractivity contribution in [2.75, 3.05) is 19.7 Å². The second-order valence-corrected chi connectivity index (χ2v) is 5.45. The molecule has 1 heterocycles. The van der Waals surface area contributed by atoms with Crippen molar-refractivity contribution in [2.24, 2.45) is 0 Å². The number of hydrogen-bond donors (Lipinski definition) is 0. The molecule has 0 radical (unpaired) electrons. The molecule has 0 bridgehead atoms. The number of benzene rings is 1. The van der Waals surface area contributed by atoms with E-state index in [1.807, 2.05) is 19.1 Å². The van der Waals surface area contributed by atoms with E-state index in [-0.39, 0.29) is 5.97 Å². The van der Waals surface area contributed by atoms with Gasteiger partial charge in [0.25, 0.3) is 0 Å². The Bertz CT molecular complexity index is 450. The molecule has 1 aromatic carbocycles. The maximum absolute atomic E-state index is 11.5. The molecule has 0 aromatic heterocycles. The summed E-state index contributed by atoms with van der Waals surface area (Å²) in [6, 6.07) is 10.9. The van der Waals surface area contributed by atoms with E-state index in [4.69, 9.17) is 4.74 Å². The largest absolute Gasteiger partial charge is 0.463 e. The van der Waals surface area contributed by atoms with Crippen LogP contribution in [0.1, 0.15) is 31.7 Å². The first-order valence-corrected chi connectivity index (χ1v) is 7.92. The molecular weight excluding hydrogens is 262 g/mol. The van der Waals surface area contributed by atoms with E-state index < -0.39 is 0 Å². The molecule has 0 saturated carbocycles. The Labute approximate surface area is 127 Å². The second-order valence-electron chi connectivity index (χ2n) is 5.45. The lowest BCUT2D eigenvalue weighted by molar-refractivity contribution is -0.137. The molecule has 2 rings (SSSR count). The van der Waals surface area contributed by atoms with E-state index in [0.717, 1.165) is 25.9 Å². The van der Waals surface area contributed by atoms with Gasteiger partial charge in [0.05, 0.1) is 6.61 Å². The number of hydrogen-bond acceptors (Lipinski definition) is 3. The first-order chi connectivity index (χ1) is 10.3. The minimum atomic E-state index is -0.235. The highest BCUT2D eigenvalue weighted by Gasteiger charge is 2.19. The van der Waals surface area contributed by atoms with E-state index in [1.54, 1.807) is 6.08 Å². The van der Waals surface area contributed by atoms with Gasteiger partial charge in [-0.15, -0.1) is 0 Å². The highest BCUT2D eigenvalue weighted by molar-refractivity contribution is 5.81. The zero-order chi connectivity index (χ0) is 14.9. The molecule has 1 saturated heterocycles. The normalized spacial score (nSPS) is 17.2. The van der Waals surface area contributed by atoms with Gasteiger partial charge in [-0.25, -0.2) is 4.79 Å².